The predicted molar refractivity (Wildman–Crippen MR) is 41.0 cm³/mol. The quantitative estimate of drug-likeness (QED) is 0.543. The first kappa shape index (κ1) is 8.49. The standard InChI is InChI=1S/C7H14N2O2/c1-6(8)7(10)9-2-4-11-5-3-9/h6H,2-5,8H2,1H3. The van der Waals surface area contributed by atoms with Crippen LogP contribution in [0.15, 0.2) is 0 Å². The smallest absolute Gasteiger partial charge is 0.239 e. The SMILES string of the molecule is CC(N)C(=O)N1CCOCC1. The maximum Gasteiger partial charge on any atom is 0.239 e. The Kier molecular flexibility index (Phi) is 2.84. The highest BCUT2D eigenvalue weighted by molar-refractivity contribution is 5.81. The second kappa shape index (κ2) is 3.69. The maximum absolute atomic E-state index is 11.2. The summed E-state index contributed by atoms with van der Waals surface area (Å²) in [4.78, 5) is 13.0. The number of rotatable bonds is 1. The third kappa shape index (κ3) is 2.17. The largest absolute Gasteiger partial charge is 0.378 e. The van der Waals surface area contributed by atoms with E-state index in [-0.39, 0.29) is 11.9 Å². The molecule has 2 N–H and O–H groups in total. The molecule has 0 radical (unpaired) electrons. The van der Waals surface area contributed by atoms with E-state index in [1.54, 1.807) is 11.8 Å². The van der Waals surface area contributed by atoms with Gasteiger partial charge in [-0.15, -0.1) is 0 Å². The molecule has 0 aliphatic carbocycles. The number of nitrogens with two attached hydrogens (primary N) is 1. The highest BCUT2D eigenvalue weighted by Crippen LogP contribution is 1.98. The molecule has 1 amide bonds. The zero-order valence-electron chi connectivity index (χ0n) is 6.75. The molecular formula is C7H14N2O2. The van der Waals surface area contributed by atoms with Gasteiger partial charge in [0, 0.05) is 13.1 Å². The number of carbonyl (C=O) groups excluding carboxylic acids is 1. The Morgan fingerprint density at radius 1 is 1.55 bits per heavy atom. The van der Waals surface area contributed by atoms with Gasteiger partial charge in [-0.25, -0.2) is 0 Å². The van der Waals surface area contributed by atoms with Crippen LogP contribution >= 0.6 is 0 Å². The molecule has 0 aromatic carbocycles. The van der Waals surface area contributed by atoms with Crippen LogP contribution in [0.4, 0.5) is 0 Å². The minimum Gasteiger partial charge on any atom is -0.378 e. The van der Waals surface area contributed by atoms with Crippen molar-refractivity contribution in [2.75, 3.05) is 26.3 Å². The fraction of sp³-hybridized carbons (Fsp3) is 0.857. The van der Waals surface area contributed by atoms with E-state index >= 15 is 0 Å². The molecule has 1 atom stereocenters. The summed E-state index contributed by atoms with van der Waals surface area (Å²) in [7, 11) is 0. The number of ether oxygens (including phenoxy) is 1. The van der Waals surface area contributed by atoms with Crippen molar-refractivity contribution >= 4 is 5.91 Å². The fourth-order valence-electron chi connectivity index (χ4n) is 1.07. The van der Waals surface area contributed by atoms with Gasteiger partial charge in [0.1, 0.15) is 0 Å². The first-order chi connectivity index (χ1) is 5.22. The molecule has 1 heterocycles. The number of carbonyl (C=O) groups is 1. The Labute approximate surface area is 66.3 Å². The van der Waals surface area contributed by atoms with Crippen molar-refractivity contribution in [2.24, 2.45) is 5.73 Å². The molecule has 64 valence electrons. The molecule has 1 rings (SSSR count). The molecule has 0 saturated carbocycles. The molecule has 1 fully saturated rings. The van der Waals surface area contributed by atoms with Gasteiger partial charge >= 0.3 is 0 Å². The average Bonchev–Trinajstić information content (AvgIpc) is 2.05. The van der Waals surface area contributed by atoms with Gasteiger partial charge in [0.05, 0.1) is 19.3 Å². The van der Waals surface area contributed by atoms with Gasteiger partial charge in [-0.05, 0) is 6.92 Å². The van der Waals surface area contributed by atoms with Gasteiger partial charge in [-0.3, -0.25) is 4.79 Å². The molecule has 11 heavy (non-hydrogen) atoms. The van der Waals surface area contributed by atoms with Gasteiger partial charge in [-0.2, -0.15) is 0 Å². The Balaban J connectivity index is 2.39. The van der Waals surface area contributed by atoms with Crippen molar-refractivity contribution in [1.29, 1.82) is 0 Å². The van der Waals surface area contributed by atoms with E-state index in [4.69, 9.17) is 10.5 Å². The van der Waals surface area contributed by atoms with E-state index in [2.05, 4.69) is 0 Å². The minimum absolute atomic E-state index is 0.0216. The molecule has 4 heteroatoms. The van der Waals surface area contributed by atoms with Crippen LogP contribution in [0, 0.1) is 0 Å². The summed E-state index contributed by atoms with van der Waals surface area (Å²) in [6.07, 6.45) is 0. The topological polar surface area (TPSA) is 55.6 Å². The zero-order valence-corrected chi connectivity index (χ0v) is 6.75. The highest BCUT2D eigenvalue weighted by atomic mass is 16.5. The fourth-order valence-corrected chi connectivity index (χ4v) is 1.07. The number of nitrogens with zero attached hydrogens (tertiary/aromatic N) is 1. The van der Waals surface area contributed by atoms with E-state index in [1.165, 1.54) is 0 Å². The van der Waals surface area contributed by atoms with E-state index < -0.39 is 0 Å². The van der Waals surface area contributed by atoms with Gasteiger partial charge in [0.15, 0.2) is 0 Å². The summed E-state index contributed by atoms with van der Waals surface area (Å²) >= 11 is 0. The molecular weight excluding hydrogens is 144 g/mol. The summed E-state index contributed by atoms with van der Waals surface area (Å²) < 4.78 is 5.09. The van der Waals surface area contributed by atoms with Crippen LogP contribution in [-0.2, 0) is 9.53 Å². The van der Waals surface area contributed by atoms with E-state index in [0.29, 0.717) is 26.3 Å². The Bertz CT molecular complexity index is 141. The minimum atomic E-state index is -0.381. The lowest BCUT2D eigenvalue weighted by Gasteiger charge is -2.28. The van der Waals surface area contributed by atoms with Gasteiger partial charge < -0.3 is 15.4 Å². The molecule has 0 spiro atoms. The van der Waals surface area contributed by atoms with Crippen LogP contribution in [-0.4, -0.2) is 43.2 Å². The molecule has 0 aromatic rings. The average molecular weight is 158 g/mol. The van der Waals surface area contributed by atoms with Crippen molar-refractivity contribution < 1.29 is 9.53 Å². The van der Waals surface area contributed by atoms with Gasteiger partial charge in [-0.1, -0.05) is 0 Å². The second-order valence-electron chi connectivity index (χ2n) is 2.73. The first-order valence-electron chi connectivity index (χ1n) is 3.84. The van der Waals surface area contributed by atoms with Crippen LogP contribution < -0.4 is 5.73 Å². The summed E-state index contributed by atoms with van der Waals surface area (Å²) in [6, 6.07) is -0.381. The lowest BCUT2D eigenvalue weighted by atomic mass is 10.3. The van der Waals surface area contributed by atoms with Crippen LogP contribution in [0.1, 0.15) is 6.92 Å². The van der Waals surface area contributed by atoms with E-state index in [1.807, 2.05) is 0 Å². The first-order valence-corrected chi connectivity index (χ1v) is 3.84. The number of hydrogen-bond donors (Lipinski definition) is 1. The summed E-state index contributed by atoms with van der Waals surface area (Å²) in [6.45, 7) is 4.34. The molecule has 0 bridgehead atoms. The Hall–Kier alpha value is -0.610. The molecule has 4 nitrogen and oxygen atoms in total. The maximum atomic E-state index is 11.2. The summed E-state index contributed by atoms with van der Waals surface area (Å²) in [5.41, 5.74) is 5.43. The lowest BCUT2D eigenvalue weighted by Crippen LogP contribution is -2.47. The van der Waals surface area contributed by atoms with Crippen LogP contribution in [0.5, 0.6) is 0 Å². The predicted octanol–water partition coefficient (Wildman–Crippen LogP) is -0.808. The number of hydrogen-bond acceptors (Lipinski definition) is 3. The summed E-state index contributed by atoms with van der Waals surface area (Å²) in [5.74, 6) is 0.0216. The molecule has 1 aliphatic rings. The second-order valence-corrected chi connectivity index (χ2v) is 2.73. The summed E-state index contributed by atoms with van der Waals surface area (Å²) in [5, 5.41) is 0. The Morgan fingerprint density at radius 2 is 2.09 bits per heavy atom. The van der Waals surface area contributed by atoms with Crippen molar-refractivity contribution in [3.8, 4) is 0 Å². The zero-order chi connectivity index (χ0) is 8.27. The van der Waals surface area contributed by atoms with Crippen molar-refractivity contribution in [2.45, 2.75) is 13.0 Å². The van der Waals surface area contributed by atoms with E-state index in [0.717, 1.165) is 0 Å². The van der Waals surface area contributed by atoms with E-state index in [9.17, 15) is 4.79 Å². The van der Waals surface area contributed by atoms with Crippen molar-refractivity contribution in [1.82, 2.24) is 4.90 Å². The normalized spacial score (nSPS) is 21.5. The molecule has 1 aliphatic heterocycles. The van der Waals surface area contributed by atoms with Crippen LogP contribution in [0.2, 0.25) is 0 Å². The van der Waals surface area contributed by atoms with Crippen LogP contribution in [0.25, 0.3) is 0 Å². The monoisotopic (exact) mass is 158 g/mol. The Morgan fingerprint density at radius 3 is 2.55 bits per heavy atom. The molecule has 1 unspecified atom stereocenters. The van der Waals surface area contributed by atoms with Crippen molar-refractivity contribution in [3.05, 3.63) is 0 Å². The highest BCUT2D eigenvalue weighted by Gasteiger charge is 2.19. The van der Waals surface area contributed by atoms with Crippen molar-refractivity contribution in [3.63, 3.8) is 0 Å². The lowest BCUT2D eigenvalue weighted by molar-refractivity contribution is -0.136. The van der Waals surface area contributed by atoms with Gasteiger partial charge in [0.2, 0.25) is 5.91 Å². The molecule has 0 aromatic heterocycles. The third-order valence-electron chi connectivity index (χ3n) is 1.71. The number of morpholine rings is 1. The number of amides is 1. The molecule has 1 saturated heterocycles. The van der Waals surface area contributed by atoms with Gasteiger partial charge in [0.25, 0.3) is 0 Å². The van der Waals surface area contributed by atoms with Crippen LogP contribution in [0.3, 0.4) is 0 Å². The third-order valence-corrected chi connectivity index (χ3v) is 1.71.